The highest BCUT2D eigenvalue weighted by Crippen LogP contribution is 2.44. The van der Waals surface area contributed by atoms with E-state index in [1.54, 1.807) is 19.4 Å². The van der Waals surface area contributed by atoms with Crippen molar-refractivity contribution >= 4 is 10.0 Å². The van der Waals surface area contributed by atoms with E-state index in [1.165, 1.54) is 0 Å². The van der Waals surface area contributed by atoms with Crippen LogP contribution in [0.5, 0.6) is 0 Å². The SMILES string of the molecule is CCS(C)(C)CC(F)(F)F. The van der Waals surface area contributed by atoms with Gasteiger partial charge in [-0.3, -0.25) is 0 Å². The lowest BCUT2D eigenvalue weighted by Gasteiger charge is -2.30. The molecule has 0 bridgehead atoms. The molecular weight excluding hydrogens is 161 g/mol. The van der Waals surface area contributed by atoms with Gasteiger partial charge in [-0.05, 0) is 18.3 Å². The predicted octanol–water partition coefficient (Wildman–Crippen LogP) is 2.63. The van der Waals surface area contributed by atoms with Gasteiger partial charge in [-0.25, -0.2) is 10.0 Å². The lowest BCUT2D eigenvalue weighted by Crippen LogP contribution is -2.20. The fourth-order valence-corrected chi connectivity index (χ4v) is 1.64. The predicted molar refractivity (Wildman–Crippen MR) is 40.9 cm³/mol. The van der Waals surface area contributed by atoms with Crippen LogP contribution in [0, 0.1) is 0 Å². The Morgan fingerprint density at radius 2 is 1.60 bits per heavy atom. The molecule has 10 heavy (non-hydrogen) atoms. The molecule has 0 amide bonds. The Hall–Kier alpha value is 0.140. The van der Waals surface area contributed by atoms with Gasteiger partial charge in [-0.15, -0.1) is 0 Å². The molecule has 0 radical (unpaired) electrons. The lowest BCUT2D eigenvalue weighted by atomic mass is 10.8. The van der Waals surface area contributed by atoms with E-state index in [0.717, 1.165) is 0 Å². The topological polar surface area (TPSA) is 0 Å². The first-order chi connectivity index (χ1) is 4.27. The van der Waals surface area contributed by atoms with Gasteiger partial charge in [0.2, 0.25) is 0 Å². The van der Waals surface area contributed by atoms with Crippen molar-refractivity contribution in [3.8, 4) is 0 Å². The Bertz CT molecular complexity index is 106. The summed E-state index contributed by atoms with van der Waals surface area (Å²) in [6.45, 7) is 1.81. The number of rotatable bonds is 2. The molecule has 0 aromatic heterocycles. The minimum atomic E-state index is -3.98. The summed E-state index contributed by atoms with van der Waals surface area (Å²) in [5.41, 5.74) is 0. The maximum atomic E-state index is 11.8. The molecule has 0 atom stereocenters. The lowest BCUT2D eigenvalue weighted by molar-refractivity contribution is -0.105. The van der Waals surface area contributed by atoms with E-state index < -0.39 is 22.0 Å². The molecule has 64 valence electrons. The molecule has 0 spiro atoms. The van der Waals surface area contributed by atoms with Gasteiger partial charge in [0, 0.05) is 0 Å². The molecule has 0 heterocycles. The largest absolute Gasteiger partial charge is 0.396 e. The van der Waals surface area contributed by atoms with Gasteiger partial charge in [0.25, 0.3) is 0 Å². The quantitative estimate of drug-likeness (QED) is 0.603. The molecule has 0 saturated carbocycles. The maximum absolute atomic E-state index is 11.8. The second-order valence-corrected chi connectivity index (χ2v) is 7.22. The van der Waals surface area contributed by atoms with Crippen LogP contribution in [-0.4, -0.2) is 30.2 Å². The van der Waals surface area contributed by atoms with Crippen molar-refractivity contribution < 1.29 is 13.2 Å². The van der Waals surface area contributed by atoms with E-state index in [0.29, 0.717) is 5.75 Å². The van der Waals surface area contributed by atoms with Crippen LogP contribution in [0.25, 0.3) is 0 Å². The monoisotopic (exact) mass is 174 g/mol. The first kappa shape index (κ1) is 10.1. The Labute approximate surface area is 61.1 Å². The van der Waals surface area contributed by atoms with E-state index in [-0.39, 0.29) is 0 Å². The summed E-state index contributed by atoms with van der Waals surface area (Å²) in [7, 11) is -1.40. The van der Waals surface area contributed by atoms with Crippen molar-refractivity contribution in [2.75, 3.05) is 24.0 Å². The molecule has 0 aromatic rings. The normalized spacial score (nSPS) is 15.4. The van der Waals surface area contributed by atoms with Gasteiger partial charge in [0.05, 0.1) is 5.75 Å². The van der Waals surface area contributed by atoms with E-state index in [1.807, 2.05) is 0 Å². The van der Waals surface area contributed by atoms with E-state index in [4.69, 9.17) is 0 Å². The Kier molecular flexibility index (Phi) is 3.07. The highest BCUT2D eigenvalue weighted by Gasteiger charge is 2.32. The molecule has 0 N–H and O–H groups in total. The molecule has 4 heteroatoms. The van der Waals surface area contributed by atoms with Crippen molar-refractivity contribution in [3.63, 3.8) is 0 Å². The van der Waals surface area contributed by atoms with Crippen LogP contribution in [0.4, 0.5) is 13.2 Å². The number of hydrogen-bond donors (Lipinski definition) is 0. The summed E-state index contributed by atoms with van der Waals surface area (Å²) in [5, 5.41) is 0. The van der Waals surface area contributed by atoms with Crippen LogP contribution in [0.1, 0.15) is 6.92 Å². The third kappa shape index (κ3) is 4.97. The molecule has 0 aromatic carbocycles. The number of hydrogen-bond acceptors (Lipinski definition) is 0. The van der Waals surface area contributed by atoms with Crippen LogP contribution in [0.3, 0.4) is 0 Å². The van der Waals surface area contributed by atoms with E-state index in [2.05, 4.69) is 0 Å². The summed E-state index contributed by atoms with van der Waals surface area (Å²) < 4.78 is 35.3. The molecule has 0 aliphatic carbocycles. The summed E-state index contributed by atoms with van der Waals surface area (Å²) in [5.74, 6) is 0.0447. The van der Waals surface area contributed by atoms with Gasteiger partial charge in [0.15, 0.2) is 0 Å². The average molecular weight is 174 g/mol. The Morgan fingerprint density at radius 3 is 1.70 bits per heavy atom. The Balaban J connectivity index is 3.89. The van der Waals surface area contributed by atoms with Crippen LogP contribution in [0.15, 0.2) is 0 Å². The molecular formula is C6H13F3S. The summed E-state index contributed by atoms with van der Waals surface area (Å²) in [6.07, 6.45) is -0.560. The fraction of sp³-hybridized carbons (Fsp3) is 1.00. The third-order valence-electron chi connectivity index (χ3n) is 1.34. The van der Waals surface area contributed by atoms with Crippen molar-refractivity contribution in [1.29, 1.82) is 0 Å². The van der Waals surface area contributed by atoms with Gasteiger partial charge >= 0.3 is 6.18 Å². The first-order valence-electron chi connectivity index (χ1n) is 3.02. The molecule has 0 fully saturated rings. The van der Waals surface area contributed by atoms with Crippen LogP contribution in [0.2, 0.25) is 0 Å². The van der Waals surface area contributed by atoms with Gasteiger partial charge in [-0.2, -0.15) is 13.2 Å². The zero-order chi connectivity index (χ0) is 8.41. The molecule has 0 unspecified atom stereocenters. The molecule has 0 aliphatic heterocycles. The summed E-state index contributed by atoms with van der Waals surface area (Å²) in [4.78, 5) is 0. The van der Waals surface area contributed by atoms with Crippen molar-refractivity contribution in [1.82, 2.24) is 0 Å². The standard InChI is InChI=1S/C6H13F3S/c1-4-10(2,3)5-6(7,8)9/h4-5H2,1-3H3. The van der Waals surface area contributed by atoms with E-state index >= 15 is 0 Å². The van der Waals surface area contributed by atoms with Crippen molar-refractivity contribution in [2.24, 2.45) is 0 Å². The van der Waals surface area contributed by atoms with Crippen LogP contribution in [-0.2, 0) is 0 Å². The van der Waals surface area contributed by atoms with Gasteiger partial charge in [-0.1, -0.05) is 6.92 Å². The van der Waals surface area contributed by atoms with Crippen molar-refractivity contribution in [3.05, 3.63) is 0 Å². The smallest absolute Gasteiger partial charge is 0.239 e. The number of halogens is 3. The number of alkyl halides is 3. The minimum absolute atomic E-state index is 0.601. The molecule has 0 nitrogen and oxygen atoms in total. The third-order valence-corrected chi connectivity index (χ3v) is 4.01. The molecule has 0 saturated heterocycles. The van der Waals surface area contributed by atoms with Crippen molar-refractivity contribution in [2.45, 2.75) is 13.1 Å². The fourth-order valence-electron chi connectivity index (χ4n) is 0.545. The van der Waals surface area contributed by atoms with Crippen LogP contribution >= 0.6 is 10.0 Å². The second kappa shape index (κ2) is 3.03. The van der Waals surface area contributed by atoms with E-state index in [9.17, 15) is 13.2 Å². The highest BCUT2D eigenvalue weighted by atomic mass is 32.3. The van der Waals surface area contributed by atoms with Crippen LogP contribution < -0.4 is 0 Å². The summed E-state index contributed by atoms with van der Waals surface area (Å²) >= 11 is 0. The maximum Gasteiger partial charge on any atom is 0.396 e. The molecule has 0 aliphatic rings. The van der Waals surface area contributed by atoms with Gasteiger partial charge < -0.3 is 0 Å². The zero-order valence-electron chi connectivity index (χ0n) is 6.46. The molecule has 0 rings (SSSR count). The average Bonchev–Trinajstić information content (AvgIpc) is 1.60. The Morgan fingerprint density at radius 1 is 1.20 bits per heavy atom. The minimum Gasteiger partial charge on any atom is -0.239 e. The zero-order valence-corrected chi connectivity index (χ0v) is 7.27. The van der Waals surface area contributed by atoms with Gasteiger partial charge in [0.1, 0.15) is 0 Å². The highest BCUT2D eigenvalue weighted by molar-refractivity contribution is 8.32. The first-order valence-corrected chi connectivity index (χ1v) is 5.81. The second-order valence-electron chi connectivity index (χ2n) is 2.82. The summed E-state index contributed by atoms with van der Waals surface area (Å²) in [6, 6.07) is 0.